The zero-order chi connectivity index (χ0) is 15.7. The highest BCUT2D eigenvalue weighted by molar-refractivity contribution is 5.42. The summed E-state index contributed by atoms with van der Waals surface area (Å²) in [6.45, 7) is 0. The van der Waals surface area contributed by atoms with E-state index in [1.807, 2.05) is 0 Å². The molecule has 0 fully saturated rings. The van der Waals surface area contributed by atoms with Crippen LogP contribution < -0.4 is 10.5 Å². The van der Waals surface area contributed by atoms with Crippen molar-refractivity contribution in [3.05, 3.63) is 64.5 Å². The molecule has 0 spiro atoms. The van der Waals surface area contributed by atoms with Crippen molar-refractivity contribution in [2.45, 2.75) is 6.04 Å². The molecule has 1 atom stereocenters. The van der Waals surface area contributed by atoms with Crippen molar-refractivity contribution in [2.24, 2.45) is 5.73 Å². The number of methoxy groups -OCH3 is 1. The van der Waals surface area contributed by atoms with E-state index >= 15 is 0 Å². The van der Waals surface area contributed by atoms with Crippen molar-refractivity contribution in [1.29, 1.82) is 0 Å². The molecule has 0 aliphatic rings. The van der Waals surface area contributed by atoms with E-state index in [1.165, 1.54) is 25.3 Å². The molecule has 112 valence electrons. The Kier molecular flexibility index (Phi) is 4.13. The van der Waals surface area contributed by atoms with Crippen LogP contribution in [0.15, 0.2) is 24.3 Å². The smallest absolute Gasteiger partial charge is 0.200 e. The average molecular weight is 303 g/mol. The summed E-state index contributed by atoms with van der Waals surface area (Å²) in [7, 11) is 1.30. The molecule has 0 amide bonds. The molecular formula is C14H10F5NO. The number of benzene rings is 2. The number of para-hydroxylation sites is 1. The summed E-state index contributed by atoms with van der Waals surface area (Å²) in [6.07, 6.45) is 0. The Labute approximate surface area is 116 Å². The zero-order valence-electron chi connectivity index (χ0n) is 10.8. The van der Waals surface area contributed by atoms with Gasteiger partial charge in [-0.2, -0.15) is 0 Å². The van der Waals surface area contributed by atoms with Gasteiger partial charge in [0.2, 0.25) is 5.82 Å². The van der Waals surface area contributed by atoms with Crippen molar-refractivity contribution in [1.82, 2.24) is 0 Å². The van der Waals surface area contributed by atoms with Gasteiger partial charge in [-0.1, -0.05) is 18.2 Å². The molecule has 2 aromatic carbocycles. The molecule has 0 saturated carbocycles. The molecule has 0 radical (unpaired) electrons. The first-order valence-electron chi connectivity index (χ1n) is 5.80. The van der Waals surface area contributed by atoms with Gasteiger partial charge in [-0.25, -0.2) is 22.0 Å². The molecular weight excluding hydrogens is 293 g/mol. The Morgan fingerprint density at radius 2 is 1.33 bits per heavy atom. The zero-order valence-corrected chi connectivity index (χ0v) is 10.8. The second kappa shape index (κ2) is 5.69. The van der Waals surface area contributed by atoms with E-state index in [4.69, 9.17) is 10.5 Å². The fourth-order valence-corrected chi connectivity index (χ4v) is 1.97. The van der Waals surface area contributed by atoms with Gasteiger partial charge in [0.1, 0.15) is 5.75 Å². The summed E-state index contributed by atoms with van der Waals surface area (Å²) >= 11 is 0. The first kappa shape index (κ1) is 15.2. The predicted molar refractivity (Wildman–Crippen MR) is 65.3 cm³/mol. The quantitative estimate of drug-likeness (QED) is 0.535. The topological polar surface area (TPSA) is 35.2 Å². The normalized spacial score (nSPS) is 12.3. The van der Waals surface area contributed by atoms with Crippen LogP contribution >= 0.6 is 0 Å². The van der Waals surface area contributed by atoms with E-state index in [9.17, 15) is 22.0 Å². The van der Waals surface area contributed by atoms with Crippen LogP contribution in [0.3, 0.4) is 0 Å². The molecule has 0 bridgehead atoms. The van der Waals surface area contributed by atoms with Crippen LogP contribution in [-0.2, 0) is 0 Å². The van der Waals surface area contributed by atoms with Gasteiger partial charge in [0, 0.05) is 5.56 Å². The maximum atomic E-state index is 13.7. The van der Waals surface area contributed by atoms with E-state index in [1.54, 1.807) is 6.07 Å². The molecule has 0 aromatic heterocycles. The van der Waals surface area contributed by atoms with E-state index in [2.05, 4.69) is 0 Å². The molecule has 1 unspecified atom stereocenters. The third kappa shape index (κ3) is 2.44. The van der Waals surface area contributed by atoms with Crippen molar-refractivity contribution in [3.8, 4) is 5.75 Å². The van der Waals surface area contributed by atoms with Crippen LogP contribution in [0.25, 0.3) is 0 Å². The molecule has 7 heteroatoms. The molecule has 2 rings (SSSR count). The second-order valence-electron chi connectivity index (χ2n) is 4.20. The maximum absolute atomic E-state index is 13.7. The Balaban J connectivity index is 2.67. The van der Waals surface area contributed by atoms with Gasteiger partial charge in [-0.3, -0.25) is 0 Å². The van der Waals surface area contributed by atoms with Gasteiger partial charge in [0.25, 0.3) is 0 Å². The monoisotopic (exact) mass is 303 g/mol. The van der Waals surface area contributed by atoms with Crippen LogP contribution in [0.2, 0.25) is 0 Å². The lowest BCUT2D eigenvalue weighted by Gasteiger charge is -2.18. The van der Waals surface area contributed by atoms with E-state index < -0.39 is 40.7 Å². The van der Waals surface area contributed by atoms with Crippen molar-refractivity contribution < 1.29 is 26.7 Å². The summed E-state index contributed by atoms with van der Waals surface area (Å²) in [6, 6.07) is 4.35. The molecule has 0 saturated heterocycles. The Morgan fingerprint density at radius 3 is 1.86 bits per heavy atom. The van der Waals surface area contributed by atoms with E-state index in [-0.39, 0.29) is 11.3 Å². The first-order valence-corrected chi connectivity index (χ1v) is 5.80. The maximum Gasteiger partial charge on any atom is 0.200 e. The van der Waals surface area contributed by atoms with Gasteiger partial charge in [0.05, 0.1) is 18.7 Å². The van der Waals surface area contributed by atoms with Gasteiger partial charge in [0.15, 0.2) is 23.3 Å². The van der Waals surface area contributed by atoms with Crippen LogP contribution in [-0.4, -0.2) is 7.11 Å². The number of rotatable bonds is 3. The molecule has 0 heterocycles. The largest absolute Gasteiger partial charge is 0.496 e. The first-order chi connectivity index (χ1) is 9.90. The Bertz CT molecular complexity index is 660. The minimum atomic E-state index is -2.22. The minimum absolute atomic E-state index is 0.100. The number of halogens is 5. The van der Waals surface area contributed by atoms with Crippen LogP contribution in [0, 0.1) is 29.1 Å². The number of hydrogen-bond donors (Lipinski definition) is 1. The van der Waals surface area contributed by atoms with Crippen molar-refractivity contribution in [3.63, 3.8) is 0 Å². The summed E-state index contributed by atoms with van der Waals surface area (Å²) in [5, 5.41) is 0. The number of ether oxygens (including phenoxy) is 1. The Hall–Kier alpha value is -2.15. The Morgan fingerprint density at radius 1 is 0.857 bits per heavy atom. The van der Waals surface area contributed by atoms with Crippen molar-refractivity contribution >= 4 is 0 Å². The lowest BCUT2D eigenvalue weighted by atomic mass is 9.97. The third-order valence-corrected chi connectivity index (χ3v) is 3.03. The lowest BCUT2D eigenvalue weighted by molar-refractivity contribution is 0.365. The summed E-state index contributed by atoms with van der Waals surface area (Å²) in [5.74, 6) is -10.0. The highest BCUT2D eigenvalue weighted by atomic mass is 19.2. The molecule has 2 nitrogen and oxygen atoms in total. The second-order valence-corrected chi connectivity index (χ2v) is 4.20. The molecule has 2 aromatic rings. The van der Waals surface area contributed by atoms with Gasteiger partial charge < -0.3 is 10.5 Å². The third-order valence-electron chi connectivity index (χ3n) is 3.03. The number of hydrogen-bond acceptors (Lipinski definition) is 2. The fourth-order valence-electron chi connectivity index (χ4n) is 1.97. The SMILES string of the molecule is COc1ccccc1C(N)c1c(F)c(F)c(F)c(F)c1F. The summed E-state index contributed by atoms with van der Waals surface area (Å²) in [5.41, 5.74) is 4.67. The lowest BCUT2D eigenvalue weighted by Crippen LogP contribution is -2.19. The molecule has 2 N–H and O–H groups in total. The van der Waals surface area contributed by atoms with E-state index in [0.29, 0.717) is 0 Å². The highest BCUT2D eigenvalue weighted by Gasteiger charge is 2.30. The minimum Gasteiger partial charge on any atom is -0.496 e. The molecule has 0 aliphatic heterocycles. The molecule has 0 aliphatic carbocycles. The molecule has 21 heavy (non-hydrogen) atoms. The van der Waals surface area contributed by atoms with Crippen LogP contribution in [0.4, 0.5) is 22.0 Å². The predicted octanol–water partition coefficient (Wildman–Crippen LogP) is 3.44. The van der Waals surface area contributed by atoms with Gasteiger partial charge in [-0.05, 0) is 6.07 Å². The average Bonchev–Trinajstić information content (AvgIpc) is 2.51. The van der Waals surface area contributed by atoms with Crippen molar-refractivity contribution in [2.75, 3.05) is 7.11 Å². The van der Waals surface area contributed by atoms with Crippen LogP contribution in [0.5, 0.6) is 5.75 Å². The number of nitrogens with two attached hydrogens (primary N) is 1. The van der Waals surface area contributed by atoms with Crippen LogP contribution in [0.1, 0.15) is 17.2 Å². The highest BCUT2D eigenvalue weighted by Crippen LogP contribution is 2.33. The summed E-state index contributed by atoms with van der Waals surface area (Å²) < 4.78 is 71.9. The standard InChI is InChI=1S/C14H10F5NO/c1-21-7-5-3-2-4-6(7)14(20)8-9(15)11(17)13(19)12(18)10(8)16/h2-5,14H,20H2,1H3. The van der Waals surface area contributed by atoms with Gasteiger partial charge >= 0.3 is 0 Å². The van der Waals surface area contributed by atoms with E-state index in [0.717, 1.165) is 0 Å². The fraction of sp³-hybridized carbons (Fsp3) is 0.143. The summed E-state index contributed by atoms with van der Waals surface area (Å²) in [4.78, 5) is 0. The van der Waals surface area contributed by atoms with Gasteiger partial charge in [-0.15, -0.1) is 0 Å².